The molecule has 0 spiro atoms. The summed E-state index contributed by atoms with van der Waals surface area (Å²) in [5.41, 5.74) is 6.13. The zero-order valence-electron chi connectivity index (χ0n) is 14.6. The van der Waals surface area contributed by atoms with Crippen LogP contribution in [0.25, 0.3) is 0 Å². The molecule has 152 valence electrons. The summed E-state index contributed by atoms with van der Waals surface area (Å²) in [6, 6.07) is 3.15. The molecule has 2 aliphatic carbocycles. The van der Waals surface area contributed by atoms with Gasteiger partial charge in [0.1, 0.15) is 11.6 Å². The first-order valence-electron chi connectivity index (χ1n) is 8.78. The van der Waals surface area contributed by atoms with Gasteiger partial charge in [-0.2, -0.15) is 13.2 Å². The molecule has 4 nitrogen and oxygen atoms in total. The van der Waals surface area contributed by atoms with Gasteiger partial charge in [0.15, 0.2) is 6.61 Å². The van der Waals surface area contributed by atoms with Crippen LogP contribution in [0.15, 0.2) is 18.2 Å². The average molecular weight is 411 g/mol. The van der Waals surface area contributed by atoms with E-state index < -0.39 is 18.6 Å². The molecule has 27 heavy (non-hydrogen) atoms. The van der Waals surface area contributed by atoms with E-state index in [4.69, 9.17) is 10.5 Å². The Morgan fingerprint density at radius 3 is 2.44 bits per heavy atom. The standard InChI is InChI=1S/C18H22F4N2O2.ClH/c19-13-4-5-15(26-9-18(20,21)22)14(8-13)24-17(25)12-6-10-2-1-3-11(7-12)16(10)23;/h4-5,8,10-12,16H,1-3,6-7,9,23H2,(H,24,25);1H. The first kappa shape index (κ1) is 21.8. The molecule has 2 bridgehead atoms. The Labute approximate surface area is 161 Å². The van der Waals surface area contributed by atoms with Crippen LogP contribution in [-0.4, -0.2) is 24.7 Å². The number of hydrogen-bond acceptors (Lipinski definition) is 3. The van der Waals surface area contributed by atoms with Crippen molar-refractivity contribution in [3.63, 3.8) is 0 Å². The summed E-state index contributed by atoms with van der Waals surface area (Å²) in [5.74, 6) is -0.898. The van der Waals surface area contributed by atoms with E-state index >= 15 is 0 Å². The quantitative estimate of drug-likeness (QED) is 0.728. The number of ether oxygens (including phenoxy) is 1. The van der Waals surface area contributed by atoms with Crippen LogP contribution in [0.3, 0.4) is 0 Å². The van der Waals surface area contributed by atoms with Crippen molar-refractivity contribution in [2.75, 3.05) is 11.9 Å². The van der Waals surface area contributed by atoms with Gasteiger partial charge < -0.3 is 15.8 Å². The van der Waals surface area contributed by atoms with E-state index in [1.165, 1.54) is 0 Å². The fourth-order valence-electron chi connectivity index (χ4n) is 4.12. The minimum atomic E-state index is -4.52. The first-order chi connectivity index (χ1) is 12.2. The maximum atomic E-state index is 13.5. The number of carbonyl (C=O) groups excluding carboxylic acids is 1. The molecule has 2 atom stereocenters. The van der Waals surface area contributed by atoms with Crippen molar-refractivity contribution in [3.8, 4) is 5.75 Å². The van der Waals surface area contributed by atoms with Gasteiger partial charge in [-0.25, -0.2) is 4.39 Å². The number of nitrogens with two attached hydrogens (primary N) is 1. The number of halogens is 5. The number of hydrogen-bond donors (Lipinski definition) is 2. The third kappa shape index (κ3) is 5.48. The molecule has 3 N–H and O–H groups in total. The Morgan fingerprint density at radius 1 is 1.22 bits per heavy atom. The van der Waals surface area contributed by atoms with Crippen molar-refractivity contribution < 1.29 is 27.1 Å². The molecule has 0 saturated heterocycles. The van der Waals surface area contributed by atoms with E-state index in [2.05, 4.69) is 5.32 Å². The van der Waals surface area contributed by atoms with Gasteiger partial charge in [0.2, 0.25) is 5.91 Å². The number of alkyl halides is 3. The molecule has 2 aliphatic rings. The third-order valence-corrected chi connectivity index (χ3v) is 5.37. The highest BCUT2D eigenvalue weighted by Crippen LogP contribution is 2.42. The molecule has 1 amide bonds. The van der Waals surface area contributed by atoms with E-state index in [1.54, 1.807) is 0 Å². The molecular weight excluding hydrogens is 388 g/mol. The van der Waals surface area contributed by atoms with Crippen LogP contribution in [0.5, 0.6) is 5.75 Å². The molecule has 2 unspecified atom stereocenters. The number of carbonyl (C=O) groups is 1. The largest absolute Gasteiger partial charge is 0.482 e. The highest BCUT2D eigenvalue weighted by Gasteiger charge is 2.40. The van der Waals surface area contributed by atoms with Crippen LogP contribution in [0, 0.1) is 23.6 Å². The van der Waals surface area contributed by atoms with Crippen molar-refractivity contribution in [2.45, 2.75) is 44.3 Å². The molecule has 1 aromatic rings. The summed E-state index contributed by atoms with van der Waals surface area (Å²) in [4.78, 5) is 12.6. The van der Waals surface area contributed by atoms with Crippen molar-refractivity contribution in [3.05, 3.63) is 24.0 Å². The lowest BCUT2D eigenvalue weighted by atomic mass is 9.65. The summed E-state index contributed by atoms with van der Waals surface area (Å²) >= 11 is 0. The molecule has 3 rings (SSSR count). The van der Waals surface area contributed by atoms with Gasteiger partial charge in [-0.3, -0.25) is 4.79 Å². The molecule has 9 heteroatoms. The van der Waals surface area contributed by atoms with Crippen LogP contribution in [0.4, 0.5) is 23.2 Å². The van der Waals surface area contributed by atoms with Crippen LogP contribution >= 0.6 is 12.4 Å². The van der Waals surface area contributed by atoms with Crippen LogP contribution in [0.2, 0.25) is 0 Å². The number of amides is 1. The maximum absolute atomic E-state index is 13.5. The van der Waals surface area contributed by atoms with E-state index in [9.17, 15) is 22.4 Å². The lowest BCUT2D eigenvalue weighted by Gasteiger charge is -2.43. The van der Waals surface area contributed by atoms with Crippen LogP contribution < -0.4 is 15.8 Å². The third-order valence-electron chi connectivity index (χ3n) is 5.37. The van der Waals surface area contributed by atoms with Crippen molar-refractivity contribution >= 4 is 24.0 Å². The van der Waals surface area contributed by atoms with Gasteiger partial charge in [0.05, 0.1) is 5.69 Å². The molecule has 0 aromatic heterocycles. The topological polar surface area (TPSA) is 64.4 Å². The SMILES string of the molecule is Cl.NC1C2CCCC1CC(C(=O)Nc1cc(F)ccc1OCC(F)(F)F)C2. The lowest BCUT2D eigenvalue weighted by Crippen LogP contribution is -2.48. The zero-order chi connectivity index (χ0) is 18.9. The Kier molecular flexibility index (Phi) is 6.97. The summed E-state index contributed by atoms with van der Waals surface area (Å²) in [5, 5.41) is 2.55. The molecule has 0 radical (unpaired) electrons. The number of fused-ring (bicyclic) bond motifs is 2. The fraction of sp³-hybridized carbons (Fsp3) is 0.611. The average Bonchev–Trinajstić information content (AvgIpc) is 2.53. The minimum Gasteiger partial charge on any atom is -0.482 e. The Morgan fingerprint density at radius 2 is 1.85 bits per heavy atom. The van der Waals surface area contributed by atoms with Crippen molar-refractivity contribution in [2.24, 2.45) is 23.5 Å². The van der Waals surface area contributed by atoms with E-state index in [1.807, 2.05) is 0 Å². The van der Waals surface area contributed by atoms with Crippen molar-refractivity contribution in [1.29, 1.82) is 0 Å². The molecule has 0 aliphatic heterocycles. The van der Waals surface area contributed by atoms with Crippen LogP contribution in [0.1, 0.15) is 32.1 Å². The Balaban J connectivity index is 0.00000261. The van der Waals surface area contributed by atoms with Crippen LogP contribution in [-0.2, 0) is 4.79 Å². The van der Waals surface area contributed by atoms with Gasteiger partial charge in [-0.05, 0) is 49.7 Å². The first-order valence-corrected chi connectivity index (χ1v) is 8.78. The van der Waals surface area contributed by atoms with Gasteiger partial charge in [0.25, 0.3) is 0 Å². The molecule has 1 aromatic carbocycles. The molecule has 0 heterocycles. The van der Waals surface area contributed by atoms with E-state index in [0.717, 1.165) is 37.5 Å². The molecular formula is C18H23ClF4N2O2. The predicted octanol–water partition coefficient (Wildman–Crippen LogP) is 4.28. The molecule has 2 fully saturated rings. The maximum Gasteiger partial charge on any atom is 0.422 e. The van der Waals surface area contributed by atoms with E-state index in [0.29, 0.717) is 12.8 Å². The van der Waals surface area contributed by atoms with Gasteiger partial charge in [-0.15, -0.1) is 12.4 Å². The number of benzene rings is 1. The Bertz CT molecular complexity index is 657. The summed E-state index contributed by atoms with van der Waals surface area (Å²) in [7, 11) is 0. The van der Waals surface area contributed by atoms with Crippen molar-refractivity contribution in [1.82, 2.24) is 0 Å². The fourth-order valence-corrected chi connectivity index (χ4v) is 4.12. The molecule has 2 saturated carbocycles. The summed E-state index contributed by atoms with van der Waals surface area (Å²) in [6.07, 6.45) is -0.138. The minimum absolute atomic E-state index is 0. The number of rotatable bonds is 4. The van der Waals surface area contributed by atoms with Gasteiger partial charge in [0, 0.05) is 18.0 Å². The second-order valence-electron chi connectivity index (χ2n) is 7.23. The normalized spacial score (nSPS) is 27.4. The lowest BCUT2D eigenvalue weighted by molar-refractivity contribution is -0.153. The second-order valence-corrected chi connectivity index (χ2v) is 7.23. The predicted molar refractivity (Wildman–Crippen MR) is 95.4 cm³/mol. The highest BCUT2D eigenvalue weighted by atomic mass is 35.5. The second kappa shape index (κ2) is 8.65. The monoisotopic (exact) mass is 410 g/mol. The Hall–Kier alpha value is -1.54. The highest BCUT2D eigenvalue weighted by molar-refractivity contribution is 5.94. The number of anilines is 1. The number of nitrogens with one attached hydrogen (secondary N) is 1. The summed E-state index contributed by atoms with van der Waals surface area (Å²) < 4.78 is 55.3. The summed E-state index contributed by atoms with van der Waals surface area (Å²) in [6.45, 7) is -1.51. The smallest absolute Gasteiger partial charge is 0.422 e. The van der Waals surface area contributed by atoms with Gasteiger partial charge >= 0.3 is 6.18 Å². The van der Waals surface area contributed by atoms with E-state index in [-0.39, 0.29) is 53.5 Å². The van der Waals surface area contributed by atoms with Gasteiger partial charge in [-0.1, -0.05) is 6.42 Å². The zero-order valence-corrected chi connectivity index (χ0v) is 15.4.